The molecule has 1 atom stereocenters. The molecule has 0 aromatic heterocycles. The zero-order valence-electron chi connectivity index (χ0n) is 5.89. The molecule has 0 aliphatic carbocycles. The van der Waals surface area contributed by atoms with Gasteiger partial charge in [0, 0.05) is 20.9 Å². The van der Waals surface area contributed by atoms with E-state index < -0.39 is 15.6 Å². The molecule has 1 heterocycles. The molecule has 0 radical (unpaired) electrons. The van der Waals surface area contributed by atoms with Crippen molar-refractivity contribution < 1.29 is 8.90 Å². The Balaban J connectivity index is 2.37. The average Bonchev–Trinajstić information content (AvgIpc) is 1.90. The molecule has 2 nitrogen and oxygen atoms in total. The normalized spacial score (nSPS) is 36.6. The molecule has 1 fully saturated rings. The van der Waals surface area contributed by atoms with Crippen molar-refractivity contribution in [1.29, 1.82) is 0 Å². The van der Waals surface area contributed by atoms with Gasteiger partial charge in [-0.15, -0.1) is 0 Å². The summed E-state index contributed by atoms with van der Waals surface area (Å²) in [6, 6.07) is 0. The van der Waals surface area contributed by atoms with E-state index in [0.717, 1.165) is 23.3 Å². The number of ether oxygens (including phenoxy) is 1. The van der Waals surface area contributed by atoms with Crippen molar-refractivity contribution in [2.75, 3.05) is 6.61 Å². The fourth-order valence-electron chi connectivity index (χ4n) is 1.12. The highest BCUT2D eigenvalue weighted by atomic mass is 28.2. The van der Waals surface area contributed by atoms with Gasteiger partial charge in [-0.1, -0.05) is 0 Å². The van der Waals surface area contributed by atoms with Crippen LogP contribution in [0.5, 0.6) is 0 Å². The zero-order chi connectivity index (χ0) is 6.74. The summed E-state index contributed by atoms with van der Waals surface area (Å²) in [5, 5.41) is 0. The summed E-state index contributed by atoms with van der Waals surface area (Å²) < 4.78 is 14.5. The maximum Gasteiger partial charge on any atom is 0.463 e. The Morgan fingerprint density at radius 1 is 1.56 bits per heavy atom. The van der Waals surface area contributed by atoms with Crippen LogP contribution in [0.3, 0.4) is 0 Å². The molecule has 9 heavy (non-hydrogen) atoms. The minimum absolute atomic E-state index is 0.0538. The standard InChI is InChI=1S/C5H11OSi.Al.H2O.H/c7-5-3-1-2-4-6-5;;;/h1-4H2,7H3;;1H2;/q;+1;;/p-1. The predicted octanol–water partition coefficient (Wildman–Crippen LogP) is -1.45. The largest absolute Gasteiger partial charge is 0.517 e. The van der Waals surface area contributed by atoms with E-state index in [0.29, 0.717) is 0 Å². The van der Waals surface area contributed by atoms with E-state index >= 15 is 0 Å². The summed E-state index contributed by atoms with van der Waals surface area (Å²) >= 11 is -0.889. The highest BCUT2D eigenvalue weighted by Gasteiger charge is 2.29. The van der Waals surface area contributed by atoms with E-state index in [1.54, 1.807) is 0 Å². The van der Waals surface area contributed by atoms with Gasteiger partial charge in [0.2, 0.25) is 0 Å². The minimum atomic E-state index is -0.889. The molecule has 0 bridgehead atoms. The van der Waals surface area contributed by atoms with Crippen molar-refractivity contribution in [2.45, 2.75) is 23.3 Å². The molecule has 1 rings (SSSR count). The van der Waals surface area contributed by atoms with Gasteiger partial charge in [0.25, 0.3) is 0 Å². The first kappa shape index (κ1) is 7.77. The first-order chi connectivity index (χ1) is 4.27. The maximum absolute atomic E-state index is 9.00. The molecule has 1 N–H and O–H groups in total. The molecule has 1 aliphatic rings. The van der Waals surface area contributed by atoms with Crippen molar-refractivity contribution in [3.63, 3.8) is 0 Å². The molecule has 1 aliphatic heterocycles. The molecule has 1 saturated heterocycles. The highest BCUT2D eigenvalue weighted by molar-refractivity contribution is 6.47. The third kappa shape index (κ3) is 2.06. The lowest BCUT2D eigenvalue weighted by Crippen LogP contribution is -2.42. The van der Waals surface area contributed by atoms with Crippen LogP contribution in [-0.2, 0) is 4.74 Å². The second kappa shape index (κ2) is 3.18. The molecule has 0 spiro atoms. The summed E-state index contributed by atoms with van der Waals surface area (Å²) in [5.74, 6) is 0. The van der Waals surface area contributed by atoms with Gasteiger partial charge in [-0.25, -0.2) is 0 Å². The first-order valence-electron chi connectivity index (χ1n) is 3.52. The van der Waals surface area contributed by atoms with Crippen LogP contribution in [0.1, 0.15) is 19.3 Å². The quantitative estimate of drug-likeness (QED) is 0.476. The highest BCUT2D eigenvalue weighted by Crippen LogP contribution is 2.19. The molecule has 4 heteroatoms. The Kier molecular flexibility index (Phi) is 2.74. The maximum atomic E-state index is 9.00. The topological polar surface area (TPSA) is 29.5 Å². The van der Waals surface area contributed by atoms with Crippen LogP contribution in [-0.4, -0.2) is 40.6 Å². The molecule has 52 valence electrons. The summed E-state index contributed by atoms with van der Waals surface area (Å²) in [6.07, 6.45) is 3.58. The minimum Gasteiger partial charge on any atom is -0.517 e. The van der Waals surface area contributed by atoms with Crippen molar-refractivity contribution in [2.24, 2.45) is 0 Å². The Labute approximate surface area is 65.1 Å². The van der Waals surface area contributed by atoms with Crippen molar-refractivity contribution in [3.05, 3.63) is 0 Å². The zero-order valence-corrected chi connectivity index (χ0v) is 9.31. The average molecular weight is 160 g/mol. The van der Waals surface area contributed by atoms with E-state index in [9.17, 15) is 0 Å². The fourth-order valence-corrected chi connectivity index (χ4v) is 2.32. The SMILES string of the molecule is [OH][AlH][C]1([SiH3])CCCCO1. The van der Waals surface area contributed by atoms with E-state index in [2.05, 4.69) is 0 Å². The van der Waals surface area contributed by atoms with Crippen LogP contribution >= 0.6 is 0 Å². The Morgan fingerprint density at radius 2 is 2.33 bits per heavy atom. The lowest BCUT2D eigenvalue weighted by molar-refractivity contribution is 0.0294. The molecular weight excluding hydrogens is 147 g/mol. The van der Waals surface area contributed by atoms with Gasteiger partial charge in [-0.2, -0.15) is 0 Å². The van der Waals surface area contributed by atoms with Gasteiger partial charge in [0.15, 0.2) is 0 Å². The van der Waals surface area contributed by atoms with Crippen LogP contribution in [0.2, 0.25) is 0 Å². The van der Waals surface area contributed by atoms with Crippen LogP contribution in [0.4, 0.5) is 0 Å². The lowest BCUT2D eigenvalue weighted by atomic mass is 10.2. The van der Waals surface area contributed by atoms with Gasteiger partial charge in [-0.05, 0) is 19.3 Å². The summed E-state index contributed by atoms with van der Waals surface area (Å²) in [5.41, 5.74) is 0. The summed E-state index contributed by atoms with van der Waals surface area (Å²) in [7, 11) is 1.02. The molecular formula is C5H13AlO2Si. The lowest BCUT2D eigenvalue weighted by Gasteiger charge is -2.30. The molecule has 0 saturated carbocycles. The smallest absolute Gasteiger partial charge is 0.463 e. The van der Waals surface area contributed by atoms with E-state index in [1.807, 2.05) is 0 Å². The third-order valence-corrected chi connectivity index (χ3v) is 4.85. The second-order valence-electron chi connectivity index (χ2n) is 2.91. The van der Waals surface area contributed by atoms with E-state index in [4.69, 9.17) is 8.90 Å². The Morgan fingerprint density at radius 3 is 2.67 bits per heavy atom. The van der Waals surface area contributed by atoms with Crippen molar-refractivity contribution >= 4 is 25.8 Å². The number of hydrogen-bond donors (Lipinski definition) is 1. The molecule has 0 aromatic carbocycles. The first-order valence-corrected chi connectivity index (χ1v) is 5.86. The van der Waals surface area contributed by atoms with Gasteiger partial charge < -0.3 is 8.90 Å². The molecule has 0 amide bonds. The Hall–Kier alpha value is 0.669. The molecule has 1 unspecified atom stereocenters. The van der Waals surface area contributed by atoms with E-state index in [-0.39, 0.29) is 4.09 Å². The number of rotatable bonds is 1. The van der Waals surface area contributed by atoms with Gasteiger partial charge in [0.05, 0.1) is 0 Å². The monoisotopic (exact) mass is 160 g/mol. The van der Waals surface area contributed by atoms with Gasteiger partial charge in [-0.3, -0.25) is 0 Å². The van der Waals surface area contributed by atoms with Gasteiger partial charge in [0.1, 0.15) is 0 Å². The van der Waals surface area contributed by atoms with Gasteiger partial charge >= 0.3 is 15.6 Å². The van der Waals surface area contributed by atoms with E-state index in [1.165, 1.54) is 12.8 Å². The third-order valence-electron chi connectivity index (χ3n) is 1.88. The second-order valence-corrected chi connectivity index (χ2v) is 7.96. The van der Waals surface area contributed by atoms with Crippen LogP contribution in [0.15, 0.2) is 0 Å². The van der Waals surface area contributed by atoms with Crippen LogP contribution < -0.4 is 0 Å². The summed E-state index contributed by atoms with van der Waals surface area (Å²) in [6.45, 7) is 0.886. The van der Waals surface area contributed by atoms with Crippen LogP contribution in [0.25, 0.3) is 0 Å². The molecule has 0 aromatic rings. The van der Waals surface area contributed by atoms with Crippen molar-refractivity contribution in [3.8, 4) is 0 Å². The number of hydrogen-bond acceptors (Lipinski definition) is 2. The van der Waals surface area contributed by atoms with Crippen LogP contribution in [0, 0.1) is 0 Å². The van der Waals surface area contributed by atoms with Crippen molar-refractivity contribution in [1.82, 2.24) is 0 Å². The predicted molar refractivity (Wildman–Crippen MR) is 41.8 cm³/mol. The Bertz CT molecular complexity index is 93.0. The fraction of sp³-hybridized carbons (Fsp3) is 1.00. The summed E-state index contributed by atoms with van der Waals surface area (Å²) in [4.78, 5) is 0.